The largest absolute Gasteiger partial charge is 0.445 e. The van der Waals surface area contributed by atoms with Gasteiger partial charge in [0.15, 0.2) is 5.79 Å². The van der Waals surface area contributed by atoms with E-state index in [1.54, 1.807) is 0 Å². The van der Waals surface area contributed by atoms with Crippen molar-refractivity contribution < 1.29 is 23.8 Å². The van der Waals surface area contributed by atoms with Crippen molar-refractivity contribution in [3.8, 4) is 0 Å². The van der Waals surface area contributed by atoms with Crippen LogP contribution in [-0.2, 0) is 25.6 Å². The molecule has 0 spiro atoms. The lowest BCUT2D eigenvalue weighted by atomic mass is 9.94. The minimum Gasteiger partial charge on any atom is -0.445 e. The lowest BCUT2D eigenvalue weighted by molar-refractivity contribution is -0.250. The SMILES string of the molecule is CC(=O)NCCOC1(OCCNC(=O)OCc2ccccc2)CCCCC1. The molecular weight excluding hydrogens is 348 g/mol. The average molecular weight is 378 g/mol. The Balaban J connectivity index is 1.65. The van der Waals surface area contributed by atoms with Crippen LogP contribution in [0.15, 0.2) is 30.3 Å². The van der Waals surface area contributed by atoms with Crippen LogP contribution in [0.3, 0.4) is 0 Å². The molecule has 0 bridgehead atoms. The number of carbonyl (C=O) groups is 2. The van der Waals surface area contributed by atoms with Crippen molar-refractivity contribution in [2.75, 3.05) is 26.3 Å². The number of hydrogen-bond acceptors (Lipinski definition) is 5. The number of rotatable bonds is 10. The normalized spacial score (nSPS) is 15.7. The summed E-state index contributed by atoms with van der Waals surface area (Å²) < 4.78 is 17.1. The summed E-state index contributed by atoms with van der Waals surface area (Å²) in [5.74, 6) is -0.692. The molecule has 7 nitrogen and oxygen atoms in total. The molecule has 0 saturated heterocycles. The van der Waals surface area contributed by atoms with Crippen LogP contribution in [0, 0.1) is 0 Å². The third kappa shape index (κ3) is 8.41. The molecule has 150 valence electrons. The second-order valence-electron chi connectivity index (χ2n) is 6.64. The Morgan fingerprint density at radius 1 is 0.963 bits per heavy atom. The molecule has 0 atom stereocenters. The number of nitrogens with one attached hydrogen (secondary N) is 2. The summed E-state index contributed by atoms with van der Waals surface area (Å²) in [6.45, 7) is 3.29. The third-order valence-electron chi connectivity index (χ3n) is 4.41. The maximum atomic E-state index is 11.8. The van der Waals surface area contributed by atoms with E-state index in [0.29, 0.717) is 26.3 Å². The van der Waals surface area contributed by atoms with Gasteiger partial charge in [0.2, 0.25) is 5.91 Å². The van der Waals surface area contributed by atoms with Crippen LogP contribution >= 0.6 is 0 Å². The molecule has 0 unspecified atom stereocenters. The lowest BCUT2D eigenvalue weighted by Gasteiger charge is -2.37. The molecule has 1 aromatic rings. The third-order valence-corrected chi connectivity index (χ3v) is 4.41. The summed E-state index contributed by atoms with van der Waals surface area (Å²) >= 11 is 0. The summed E-state index contributed by atoms with van der Waals surface area (Å²) in [5.41, 5.74) is 0.942. The van der Waals surface area contributed by atoms with Crippen LogP contribution in [0.4, 0.5) is 4.79 Å². The van der Waals surface area contributed by atoms with Gasteiger partial charge in [-0.25, -0.2) is 4.79 Å². The summed E-state index contributed by atoms with van der Waals surface area (Å²) in [5, 5.41) is 5.41. The molecule has 0 aliphatic heterocycles. The van der Waals surface area contributed by atoms with E-state index in [0.717, 1.165) is 31.2 Å². The Bertz CT molecular complexity index is 573. The van der Waals surface area contributed by atoms with E-state index in [1.165, 1.54) is 13.3 Å². The van der Waals surface area contributed by atoms with Crippen molar-refractivity contribution in [1.29, 1.82) is 0 Å². The van der Waals surface area contributed by atoms with Crippen LogP contribution in [-0.4, -0.2) is 44.1 Å². The molecule has 0 radical (unpaired) electrons. The van der Waals surface area contributed by atoms with E-state index in [-0.39, 0.29) is 12.5 Å². The molecule has 2 N–H and O–H groups in total. The van der Waals surface area contributed by atoms with Gasteiger partial charge >= 0.3 is 6.09 Å². The highest BCUT2D eigenvalue weighted by Crippen LogP contribution is 2.32. The minimum absolute atomic E-state index is 0.0737. The quantitative estimate of drug-likeness (QED) is 0.483. The molecule has 1 saturated carbocycles. The fourth-order valence-electron chi connectivity index (χ4n) is 3.05. The number of amides is 2. The van der Waals surface area contributed by atoms with Crippen LogP contribution < -0.4 is 10.6 Å². The van der Waals surface area contributed by atoms with Gasteiger partial charge in [0.1, 0.15) is 6.61 Å². The number of hydrogen-bond donors (Lipinski definition) is 2. The topological polar surface area (TPSA) is 85.9 Å². The van der Waals surface area contributed by atoms with E-state index in [2.05, 4.69) is 10.6 Å². The monoisotopic (exact) mass is 378 g/mol. The predicted octanol–water partition coefficient (Wildman–Crippen LogP) is 2.74. The highest BCUT2D eigenvalue weighted by molar-refractivity contribution is 5.72. The Hall–Kier alpha value is -2.12. The average Bonchev–Trinajstić information content (AvgIpc) is 2.69. The number of ether oxygens (including phenoxy) is 3. The highest BCUT2D eigenvalue weighted by atomic mass is 16.7. The lowest BCUT2D eigenvalue weighted by Crippen LogP contribution is -2.42. The number of benzene rings is 1. The van der Waals surface area contributed by atoms with Crippen molar-refractivity contribution >= 4 is 12.0 Å². The standard InChI is InChI=1S/C20H30N2O5/c1-17(23)21-12-14-26-20(10-6-3-7-11-20)27-15-13-22-19(24)25-16-18-8-4-2-5-9-18/h2,4-5,8-9H,3,6-7,10-16H2,1H3,(H,21,23)(H,22,24). The molecule has 27 heavy (non-hydrogen) atoms. The zero-order valence-electron chi connectivity index (χ0n) is 16.0. The van der Waals surface area contributed by atoms with Crippen LogP contribution in [0.25, 0.3) is 0 Å². The van der Waals surface area contributed by atoms with Gasteiger partial charge in [-0.15, -0.1) is 0 Å². The molecule has 0 aromatic heterocycles. The minimum atomic E-state index is -0.619. The predicted molar refractivity (Wildman–Crippen MR) is 101 cm³/mol. The van der Waals surface area contributed by atoms with Crippen LogP contribution in [0.2, 0.25) is 0 Å². The molecular formula is C20H30N2O5. The fraction of sp³-hybridized carbons (Fsp3) is 0.600. The molecule has 1 aromatic carbocycles. The molecule has 1 aliphatic rings. The first-order chi connectivity index (χ1) is 13.1. The van der Waals surface area contributed by atoms with Crippen molar-refractivity contribution in [3.63, 3.8) is 0 Å². The first kappa shape index (κ1) is 21.2. The summed E-state index contributed by atoms with van der Waals surface area (Å²) in [6.07, 6.45) is 4.45. The Morgan fingerprint density at radius 3 is 2.22 bits per heavy atom. The van der Waals surface area contributed by atoms with Gasteiger partial charge in [-0.3, -0.25) is 4.79 Å². The Morgan fingerprint density at radius 2 is 1.59 bits per heavy atom. The van der Waals surface area contributed by atoms with Gasteiger partial charge in [0.05, 0.1) is 13.2 Å². The summed E-state index contributed by atoms with van der Waals surface area (Å²) in [6, 6.07) is 9.53. The molecule has 0 heterocycles. The van der Waals surface area contributed by atoms with Crippen LogP contribution in [0.5, 0.6) is 0 Å². The molecule has 2 rings (SSSR count). The summed E-state index contributed by atoms with van der Waals surface area (Å²) in [4.78, 5) is 22.7. The fourth-order valence-corrected chi connectivity index (χ4v) is 3.05. The van der Waals surface area contributed by atoms with Crippen molar-refractivity contribution in [1.82, 2.24) is 10.6 Å². The van der Waals surface area contributed by atoms with Gasteiger partial charge in [-0.1, -0.05) is 36.8 Å². The number of carbonyl (C=O) groups excluding carboxylic acids is 2. The first-order valence-corrected chi connectivity index (χ1v) is 9.57. The zero-order chi connectivity index (χ0) is 19.4. The van der Waals surface area contributed by atoms with Crippen LogP contribution in [0.1, 0.15) is 44.6 Å². The molecule has 1 fully saturated rings. The van der Waals surface area contributed by atoms with Crippen molar-refractivity contribution in [3.05, 3.63) is 35.9 Å². The van der Waals surface area contributed by atoms with Gasteiger partial charge < -0.3 is 24.8 Å². The maximum absolute atomic E-state index is 11.8. The first-order valence-electron chi connectivity index (χ1n) is 9.57. The van der Waals surface area contributed by atoms with Crippen molar-refractivity contribution in [2.45, 2.75) is 51.4 Å². The van der Waals surface area contributed by atoms with Gasteiger partial charge in [-0.05, 0) is 18.4 Å². The van der Waals surface area contributed by atoms with Crippen molar-refractivity contribution in [2.24, 2.45) is 0 Å². The Labute approximate surface area is 160 Å². The smallest absolute Gasteiger partial charge is 0.407 e. The van der Waals surface area contributed by atoms with Gasteiger partial charge in [0.25, 0.3) is 0 Å². The Kier molecular flexibility index (Phi) is 9.07. The van der Waals surface area contributed by atoms with E-state index < -0.39 is 11.9 Å². The molecule has 7 heteroatoms. The maximum Gasteiger partial charge on any atom is 0.407 e. The van der Waals surface area contributed by atoms with E-state index in [4.69, 9.17) is 14.2 Å². The summed E-state index contributed by atoms with van der Waals surface area (Å²) in [7, 11) is 0. The highest BCUT2D eigenvalue weighted by Gasteiger charge is 2.33. The van der Waals surface area contributed by atoms with Gasteiger partial charge in [-0.2, -0.15) is 0 Å². The molecule has 1 aliphatic carbocycles. The second kappa shape index (κ2) is 11.6. The second-order valence-corrected chi connectivity index (χ2v) is 6.64. The van der Waals surface area contributed by atoms with E-state index in [9.17, 15) is 9.59 Å². The van der Waals surface area contributed by atoms with E-state index >= 15 is 0 Å². The zero-order valence-corrected chi connectivity index (χ0v) is 16.0. The molecule has 2 amide bonds. The van der Waals surface area contributed by atoms with Gasteiger partial charge in [0, 0.05) is 32.9 Å². The number of alkyl carbamates (subject to hydrolysis) is 1. The van der Waals surface area contributed by atoms with E-state index in [1.807, 2.05) is 30.3 Å².